The number of nitrogens with zero attached hydrogens (tertiary/aromatic N) is 5. The van der Waals surface area contributed by atoms with Gasteiger partial charge in [-0.05, 0) is 53.8 Å². The van der Waals surface area contributed by atoms with Crippen molar-refractivity contribution < 1.29 is 68.3 Å². The van der Waals surface area contributed by atoms with E-state index in [1.54, 1.807) is 82.3 Å². The summed E-state index contributed by atoms with van der Waals surface area (Å²) in [7, 11) is 0. The van der Waals surface area contributed by atoms with Crippen LogP contribution in [0.2, 0.25) is 0 Å². The molecule has 0 unspecified atom stereocenters. The van der Waals surface area contributed by atoms with Crippen molar-refractivity contribution >= 4 is 53.5 Å². The largest absolute Gasteiger partial charge is 0.508 e. The summed E-state index contributed by atoms with van der Waals surface area (Å²) in [4.78, 5) is 111. The van der Waals surface area contributed by atoms with Gasteiger partial charge in [0.2, 0.25) is 23.6 Å². The van der Waals surface area contributed by atoms with Crippen molar-refractivity contribution in [1.82, 2.24) is 51.5 Å². The molecule has 0 spiro atoms. The number of urea groups is 1. The molecule has 0 bridgehead atoms. The first-order valence-corrected chi connectivity index (χ1v) is 26.1. The van der Waals surface area contributed by atoms with Gasteiger partial charge in [-0.2, -0.15) is 0 Å². The molecule has 2 atom stereocenters. The van der Waals surface area contributed by atoms with Crippen molar-refractivity contribution in [3.8, 4) is 11.5 Å². The predicted octanol–water partition coefficient (Wildman–Crippen LogP) is -0.767. The van der Waals surface area contributed by atoms with E-state index in [4.69, 9.17) is 15.2 Å². The van der Waals surface area contributed by atoms with E-state index in [1.165, 1.54) is 12.1 Å². The molecule has 6 amide bonds. The van der Waals surface area contributed by atoms with Gasteiger partial charge in [0.05, 0.1) is 45.3 Å². The number of carboxylic acids is 3. The molecule has 0 radical (unpaired) electrons. The molecule has 1 heterocycles. The molecular formula is C53H76N12O14. The number of carboxylic acid groups (broad SMARTS) is 3. The lowest BCUT2D eigenvalue weighted by Gasteiger charge is -2.32. The number of amides is 6. The number of hydrogen-bond donors (Lipinski definition) is 11. The van der Waals surface area contributed by atoms with Gasteiger partial charge >= 0.3 is 23.9 Å². The zero-order chi connectivity index (χ0) is 57.4. The summed E-state index contributed by atoms with van der Waals surface area (Å²) in [5.41, 5.74) is 7.87. The van der Waals surface area contributed by atoms with E-state index in [0.717, 1.165) is 5.56 Å². The van der Waals surface area contributed by atoms with Crippen LogP contribution in [0.1, 0.15) is 48.8 Å². The van der Waals surface area contributed by atoms with Crippen molar-refractivity contribution in [2.24, 2.45) is 10.7 Å². The number of rotatable bonds is 30. The Bertz CT molecular complexity index is 2420. The monoisotopic (exact) mass is 1100 g/mol. The highest BCUT2D eigenvalue weighted by Gasteiger charge is 2.29. The van der Waals surface area contributed by atoms with Crippen molar-refractivity contribution in [3.63, 3.8) is 0 Å². The van der Waals surface area contributed by atoms with Crippen molar-refractivity contribution in [2.75, 3.05) is 125 Å². The quantitative estimate of drug-likeness (QED) is 0.0222. The second-order valence-corrected chi connectivity index (χ2v) is 18.5. The number of nitrogens with two attached hydrogens (primary N) is 1. The molecule has 4 rings (SSSR count). The number of aliphatic carboxylic acids is 3. The Labute approximate surface area is 459 Å². The average molecular weight is 1110 g/mol. The second-order valence-electron chi connectivity index (χ2n) is 18.5. The van der Waals surface area contributed by atoms with Crippen LogP contribution in [-0.2, 0) is 44.8 Å². The SMILES string of the molecule is CCC(=O)NCCNC(=O)NC(N)=NCCC[C@@H](NC(=O)[C@H](c1ccccc1)c1cccc(OCCOCCNC(=O)CN2CCN(CC(=O)O)CCN(CC(=O)O)CCN(CC(=O)O)CC2)c1)C(=O)NCc1ccc(O)cc1. The number of phenolic OH excluding ortho intramolecular Hbond substituents is 1. The molecule has 3 aromatic carbocycles. The first-order chi connectivity index (χ1) is 38.0. The van der Waals surface area contributed by atoms with Gasteiger partial charge in [-0.15, -0.1) is 0 Å². The van der Waals surface area contributed by atoms with Crippen LogP contribution in [0.15, 0.2) is 83.9 Å². The molecule has 1 saturated heterocycles. The number of nitrogens with one attached hydrogen (secondary N) is 6. The van der Waals surface area contributed by atoms with Crippen LogP contribution >= 0.6 is 0 Å². The number of carbonyl (C=O) groups excluding carboxylic acids is 5. The van der Waals surface area contributed by atoms with Crippen LogP contribution in [0.25, 0.3) is 0 Å². The summed E-state index contributed by atoms with van der Waals surface area (Å²) < 4.78 is 11.8. The molecule has 0 aromatic heterocycles. The number of phenols is 1. The Morgan fingerprint density at radius 2 is 1.18 bits per heavy atom. The van der Waals surface area contributed by atoms with Crippen molar-refractivity contribution in [3.05, 3.63) is 95.6 Å². The fourth-order valence-corrected chi connectivity index (χ4v) is 8.20. The van der Waals surface area contributed by atoms with Crippen LogP contribution < -0.4 is 42.4 Å². The van der Waals surface area contributed by atoms with Crippen LogP contribution in [-0.4, -0.2) is 224 Å². The maximum atomic E-state index is 14.4. The van der Waals surface area contributed by atoms with Gasteiger partial charge < -0.3 is 62.2 Å². The number of ether oxygens (including phenoxy) is 2. The molecule has 3 aromatic rings. The number of carbonyl (C=O) groups is 8. The highest BCUT2D eigenvalue weighted by Crippen LogP contribution is 2.28. The summed E-state index contributed by atoms with van der Waals surface area (Å²) in [5, 5.41) is 54.4. The van der Waals surface area contributed by atoms with Crippen LogP contribution in [0.5, 0.6) is 11.5 Å². The average Bonchev–Trinajstić information content (AvgIpc) is 3.45. The Kier molecular flexibility index (Phi) is 28.6. The topological polar surface area (TPSA) is 359 Å². The van der Waals surface area contributed by atoms with Gasteiger partial charge in [0, 0.05) is 91.5 Å². The van der Waals surface area contributed by atoms with Gasteiger partial charge in [-0.1, -0.05) is 61.5 Å². The molecule has 0 saturated carbocycles. The molecule has 79 heavy (non-hydrogen) atoms. The molecule has 1 aliphatic heterocycles. The Morgan fingerprint density at radius 1 is 0.620 bits per heavy atom. The second kappa shape index (κ2) is 35.5. The molecule has 26 heteroatoms. The summed E-state index contributed by atoms with van der Waals surface area (Å²) in [6.45, 7) is 4.25. The fraction of sp³-hybridized carbons (Fsp3) is 0.491. The minimum Gasteiger partial charge on any atom is -0.508 e. The van der Waals surface area contributed by atoms with Crippen LogP contribution in [0.3, 0.4) is 0 Å². The van der Waals surface area contributed by atoms with E-state index < -0.39 is 47.7 Å². The first kappa shape index (κ1) is 63.6. The van der Waals surface area contributed by atoms with Gasteiger partial charge in [0.25, 0.3) is 0 Å². The van der Waals surface area contributed by atoms with Gasteiger partial charge in [0.15, 0.2) is 5.96 Å². The third-order valence-electron chi connectivity index (χ3n) is 12.3. The third-order valence-corrected chi connectivity index (χ3v) is 12.3. The zero-order valence-corrected chi connectivity index (χ0v) is 44.6. The molecule has 1 fully saturated rings. The van der Waals surface area contributed by atoms with Crippen LogP contribution in [0.4, 0.5) is 4.79 Å². The Morgan fingerprint density at radius 3 is 1.76 bits per heavy atom. The smallest absolute Gasteiger partial charge is 0.321 e. The Balaban J connectivity index is 1.32. The minimum atomic E-state index is -1.05. The van der Waals surface area contributed by atoms with E-state index in [-0.39, 0.29) is 154 Å². The summed E-state index contributed by atoms with van der Waals surface area (Å²) in [6, 6.07) is 20.7. The molecule has 26 nitrogen and oxygen atoms in total. The van der Waals surface area contributed by atoms with Gasteiger partial charge in [-0.25, -0.2) is 4.79 Å². The molecule has 0 aliphatic carbocycles. The number of aliphatic imine (C=N–C) groups is 1. The molecule has 1 aliphatic rings. The standard InChI is InChI=1S/C53H76N12O14/c1-2-44(67)55-18-19-58-53(77)61-52(54)57-17-7-12-43(50(75)59-33-38-13-15-41(66)16-14-38)60-51(76)49(39-8-4-3-5-9-39)40-10-6-11-42(32-40)79-31-30-78-29-20-56-45(68)34-62-21-23-63(35-46(69)70)25-27-65(37-48(73)74)28-26-64(24-22-62)36-47(71)72/h3-6,8-11,13-16,32,43,49,66H,2,7,12,17-31,33-37H2,1H3,(H,55,67)(H,56,68)(H,59,75)(H,60,76)(H,69,70)(H,71,72)(H,73,74)(H4,54,57,58,61,77)/t43-,49-/m1/s1. The Hall–Kier alpha value is -7.91. The normalized spacial score (nSPS) is 15.0. The first-order valence-electron chi connectivity index (χ1n) is 26.1. The van der Waals surface area contributed by atoms with E-state index in [0.29, 0.717) is 36.4 Å². The van der Waals surface area contributed by atoms with E-state index in [2.05, 4.69) is 36.9 Å². The number of guanidine groups is 1. The summed E-state index contributed by atoms with van der Waals surface area (Å²) >= 11 is 0. The lowest BCUT2D eigenvalue weighted by molar-refractivity contribution is -0.140. The van der Waals surface area contributed by atoms with Gasteiger partial charge in [0.1, 0.15) is 24.1 Å². The van der Waals surface area contributed by atoms with Crippen molar-refractivity contribution in [2.45, 2.75) is 44.7 Å². The molecular weight excluding hydrogens is 1030 g/mol. The molecule has 432 valence electrons. The maximum Gasteiger partial charge on any atom is 0.321 e. The molecule has 12 N–H and O–H groups in total. The van der Waals surface area contributed by atoms with Crippen LogP contribution in [0, 0.1) is 0 Å². The van der Waals surface area contributed by atoms with Gasteiger partial charge in [-0.3, -0.25) is 63.5 Å². The lowest BCUT2D eigenvalue weighted by atomic mass is 9.90. The number of benzene rings is 3. The number of hydrogen-bond acceptors (Lipinski definition) is 16. The summed E-state index contributed by atoms with van der Waals surface area (Å²) in [6.07, 6.45) is 0.743. The fourth-order valence-electron chi connectivity index (χ4n) is 8.20. The highest BCUT2D eigenvalue weighted by atomic mass is 16.5. The highest BCUT2D eigenvalue weighted by molar-refractivity contribution is 5.95. The minimum absolute atomic E-state index is 0.0423. The third kappa shape index (κ3) is 26.3. The lowest BCUT2D eigenvalue weighted by Crippen LogP contribution is -2.50. The zero-order valence-electron chi connectivity index (χ0n) is 44.6. The van der Waals surface area contributed by atoms with Crippen molar-refractivity contribution in [1.29, 1.82) is 0 Å². The number of aromatic hydroxyl groups is 1. The summed E-state index contributed by atoms with van der Waals surface area (Å²) in [5.74, 6) is -5.07. The predicted molar refractivity (Wildman–Crippen MR) is 290 cm³/mol. The van der Waals surface area contributed by atoms with E-state index in [1.807, 2.05) is 11.0 Å². The van der Waals surface area contributed by atoms with E-state index >= 15 is 0 Å². The maximum absolute atomic E-state index is 14.4. The van der Waals surface area contributed by atoms with E-state index in [9.17, 15) is 58.8 Å².